The molecule has 4 rings (SSSR count). The Balaban J connectivity index is 1.82. The van der Waals surface area contributed by atoms with Gasteiger partial charge in [-0.1, -0.05) is 36.8 Å². The van der Waals surface area contributed by atoms with Gasteiger partial charge in [0.15, 0.2) is 5.66 Å². The summed E-state index contributed by atoms with van der Waals surface area (Å²) < 4.78 is 0. The van der Waals surface area contributed by atoms with Crippen LogP contribution in [0.4, 0.5) is 0 Å². The van der Waals surface area contributed by atoms with Crippen LogP contribution in [-0.2, 0) is 0 Å². The summed E-state index contributed by atoms with van der Waals surface area (Å²) >= 11 is 0. The zero-order chi connectivity index (χ0) is 14.1. The first-order chi connectivity index (χ1) is 10.4. The van der Waals surface area contributed by atoms with E-state index in [0.29, 0.717) is 0 Å². The van der Waals surface area contributed by atoms with Gasteiger partial charge < -0.3 is 4.98 Å². The summed E-state index contributed by atoms with van der Waals surface area (Å²) in [6.45, 7) is 0. The second-order valence-corrected chi connectivity index (χ2v) is 5.91. The Morgan fingerprint density at radius 3 is 2.29 bits per heavy atom. The number of rotatable bonds is 2. The van der Waals surface area contributed by atoms with E-state index in [1.165, 1.54) is 19.3 Å². The number of hydrogen-bond acceptors (Lipinski definition) is 2. The number of aliphatic imine (C=N–C) groups is 2. The van der Waals surface area contributed by atoms with Gasteiger partial charge in [0.05, 0.1) is 11.4 Å². The van der Waals surface area contributed by atoms with E-state index < -0.39 is 0 Å². The van der Waals surface area contributed by atoms with E-state index >= 15 is 0 Å². The van der Waals surface area contributed by atoms with Crippen molar-refractivity contribution >= 4 is 11.4 Å². The molecule has 2 aliphatic rings. The minimum atomic E-state index is -0.204. The molecule has 106 valence electrons. The number of hydrogen-bond donors (Lipinski definition) is 1. The number of nitrogens with zero attached hydrogens (tertiary/aromatic N) is 2. The van der Waals surface area contributed by atoms with Crippen LogP contribution in [0.2, 0.25) is 0 Å². The van der Waals surface area contributed by atoms with Gasteiger partial charge in [-0.05, 0) is 37.8 Å². The summed E-state index contributed by atoms with van der Waals surface area (Å²) in [5.74, 6) is 0. The molecule has 1 fully saturated rings. The minimum absolute atomic E-state index is 0.204. The SMILES string of the molecule is c1ccc(C2=NC3(CCCCC3)N=C2c2ccc[nH]2)cc1. The monoisotopic (exact) mass is 277 g/mol. The van der Waals surface area contributed by atoms with Crippen LogP contribution in [0, 0.1) is 0 Å². The maximum absolute atomic E-state index is 5.08. The van der Waals surface area contributed by atoms with Crippen molar-refractivity contribution in [3.05, 3.63) is 59.9 Å². The largest absolute Gasteiger partial charge is 0.360 e. The summed E-state index contributed by atoms with van der Waals surface area (Å²) in [5.41, 5.74) is 4.09. The predicted molar refractivity (Wildman–Crippen MR) is 86.1 cm³/mol. The van der Waals surface area contributed by atoms with Crippen LogP contribution in [-0.4, -0.2) is 22.1 Å². The number of aromatic nitrogens is 1. The lowest BCUT2D eigenvalue weighted by atomic mass is 9.90. The highest BCUT2D eigenvalue weighted by molar-refractivity contribution is 6.54. The quantitative estimate of drug-likeness (QED) is 0.863. The number of benzene rings is 1. The fraction of sp³-hybridized carbons (Fsp3) is 0.333. The third kappa shape index (κ3) is 2.23. The zero-order valence-corrected chi connectivity index (χ0v) is 12.0. The van der Waals surface area contributed by atoms with E-state index in [1.54, 1.807) is 0 Å². The van der Waals surface area contributed by atoms with Crippen molar-refractivity contribution in [1.82, 2.24) is 4.98 Å². The molecule has 2 aromatic rings. The molecule has 3 nitrogen and oxygen atoms in total. The van der Waals surface area contributed by atoms with Crippen LogP contribution in [0.1, 0.15) is 43.4 Å². The van der Waals surface area contributed by atoms with Crippen LogP contribution in [0.15, 0.2) is 58.6 Å². The zero-order valence-electron chi connectivity index (χ0n) is 12.0. The van der Waals surface area contributed by atoms with E-state index in [1.807, 2.05) is 18.3 Å². The molecule has 1 aromatic carbocycles. The third-order valence-electron chi connectivity index (χ3n) is 4.42. The van der Waals surface area contributed by atoms with E-state index in [4.69, 9.17) is 9.98 Å². The molecule has 1 aliphatic carbocycles. The fourth-order valence-electron chi connectivity index (χ4n) is 3.35. The molecule has 1 aromatic heterocycles. The highest BCUT2D eigenvalue weighted by atomic mass is 15.1. The molecular weight excluding hydrogens is 258 g/mol. The van der Waals surface area contributed by atoms with Gasteiger partial charge >= 0.3 is 0 Å². The van der Waals surface area contributed by atoms with Gasteiger partial charge in [-0.25, -0.2) is 0 Å². The normalized spacial score (nSPS) is 20.4. The van der Waals surface area contributed by atoms with Crippen molar-refractivity contribution in [2.24, 2.45) is 9.98 Å². The van der Waals surface area contributed by atoms with Crippen molar-refractivity contribution < 1.29 is 0 Å². The molecule has 1 spiro atoms. The molecule has 0 amide bonds. The van der Waals surface area contributed by atoms with Gasteiger partial charge in [-0.2, -0.15) is 0 Å². The summed E-state index contributed by atoms with van der Waals surface area (Å²) in [5, 5.41) is 0. The molecule has 21 heavy (non-hydrogen) atoms. The Morgan fingerprint density at radius 1 is 0.810 bits per heavy atom. The molecule has 1 aliphatic heterocycles. The topological polar surface area (TPSA) is 40.5 Å². The Bertz CT molecular complexity index is 675. The van der Waals surface area contributed by atoms with Crippen molar-refractivity contribution in [3.8, 4) is 0 Å². The fourth-order valence-corrected chi connectivity index (χ4v) is 3.35. The molecule has 0 atom stereocenters. The molecule has 2 heterocycles. The summed E-state index contributed by atoms with van der Waals surface area (Å²) in [6.07, 6.45) is 7.87. The maximum atomic E-state index is 5.08. The highest BCUT2D eigenvalue weighted by Gasteiger charge is 2.38. The average Bonchev–Trinajstić information content (AvgIpc) is 3.17. The maximum Gasteiger partial charge on any atom is 0.151 e. The van der Waals surface area contributed by atoms with Gasteiger partial charge in [-0.3, -0.25) is 9.98 Å². The van der Waals surface area contributed by atoms with Gasteiger partial charge in [-0.15, -0.1) is 0 Å². The highest BCUT2D eigenvalue weighted by Crippen LogP contribution is 2.37. The van der Waals surface area contributed by atoms with Gasteiger partial charge in [0.2, 0.25) is 0 Å². The van der Waals surface area contributed by atoms with Gasteiger partial charge in [0, 0.05) is 11.8 Å². The first-order valence-corrected chi connectivity index (χ1v) is 7.76. The van der Waals surface area contributed by atoms with Gasteiger partial charge in [0.25, 0.3) is 0 Å². The van der Waals surface area contributed by atoms with E-state index in [2.05, 4.69) is 35.3 Å². The lowest BCUT2D eigenvalue weighted by Gasteiger charge is -2.27. The smallest absolute Gasteiger partial charge is 0.151 e. The van der Waals surface area contributed by atoms with Crippen molar-refractivity contribution in [3.63, 3.8) is 0 Å². The molecular formula is C18H19N3. The second-order valence-electron chi connectivity index (χ2n) is 5.91. The Kier molecular flexibility index (Phi) is 2.99. The van der Waals surface area contributed by atoms with Crippen LogP contribution in [0.5, 0.6) is 0 Å². The minimum Gasteiger partial charge on any atom is -0.360 e. The summed E-state index contributed by atoms with van der Waals surface area (Å²) in [6, 6.07) is 14.5. The van der Waals surface area contributed by atoms with E-state index in [0.717, 1.165) is 35.5 Å². The summed E-state index contributed by atoms with van der Waals surface area (Å²) in [7, 11) is 0. The molecule has 0 bridgehead atoms. The molecule has 0 saturated heterocycles. The Morgan fingerprint density at radius 2 is 1.57 bits per heavy atom. The average molecular weight is 277 g/mol. The van der Waals surface area contributed by atoms with Crippen LogP contribution in [0.25, 0.3) is 0 Å². The molecule has 0 unspecified atom stereocenters. The standard InChI is InChI=1S/C18H19N3/c1-3-8-14(9-4-1)16-17(15-10-7-13-19-15)21-18(20-16)11-5-2-6-12-18/h1,3-4,7-10,13,19H,2,5-6,11-12H2. The van der Waals surface area contributed by atoms with Crippen molar-refractivity contribution in [2.45, 2.75) is 37.8 Å². The summed E-state index contributed by atoms with van der Waals surface area (Å²) in [4.78, 5) is 13.4. The molecule has 1 saturated carbocycles. The lowest BCUT2D eigenvalue weighted by Crippen LogP contribution is -2.25. The second kappa shape index (κ2) is 4.99. The number of aromatic amines is 1. The Labute approximate surface area is 124 Å². The lowest BCUT2D eigenvalue weighted by molar-refractivity contribution is 0.316. The number of nitrogens with one attached hydrogen (secondary N) is 1. The van der Waals surface area contributed by atoms with Crippen molar-refractivity contribution in [2.75, 3.05) is 0 Å². The molecule has 0 radical (unpaired) electrons. The molecule has 3 heteroatoms. The number of H-pyrrole nitrogens is 1. The predicted octanol–water partition coefficient (Wildman–Crippen LogP) is 3.97. The van der Waals surface area contributed by atoms with Gasteiger partial charge in [0.1, 0.15) is 5.71 Å². The van der Waals surface area contributed by atoms with Crippen molar-refractivity contribution in [1.29, 1.82) is 0 Å². The van der Waals surface area contributed by atoms with Crippen LogP contribution < -0.4 is 0 Å². The van der Waals surface area contributed by atoms with Crippen LogP contribution in [0.3, 0.4) is 0 Å². The van der Waals surface area contributed by atoms with Crippen LogP contribution >= 0.6 is 0 Å². The van der Waals surface area contributed by atoms with E-state index in [9.17, 15) is 0 Å². The first-order valence-electron chi connectivity index (χ1n) is 7.76. The Hall–Kier alpha value is -2.16. The third-order valence-corrected chi connectivity index (χ3v) is 4.42. The van der Waals surface area contributed by atoms with E-state index in [-0.39, 0.29) is 5.66 Å². The first kappa shape index (κ1) is 12.6. The molecule has 1 N–H and O–H groups in total.